The number of sulfonamides is 1. The van der Waals surface area contributed by atoms with E-state index in [9.17, 15) is 8.42 Å². The van der Waals surface area contributed by atoms with Gasteiger partial charge >= 0.3 is 0 Å². The van der Waals surface area contributed by atoms with Gasteiger partial charge in [-0.3, -0.25) is 0 Å². The molecule has 0 aliphatic heterocycles. The highest BCUT2D eigenvalue weighted by molar-refractivity contribution is 7.89. The molecule has 1 fully saturated rings. The molecule has 1 saturated carbocycles. The highest BCUT2D eigenvalue weighted by Crippen LogP contribution is 2.32. The maximum atomic E-state index is 12.6. The Morgan fingerprint density at radius 2 is 1.95 bits per heavy atom. The average Bonchev–Trinajstić information content (AvgIpc) is 3.21. The molecule has 0 aromatic carbocycles. The molecule has 7 heteroatoms. The first-order chi connectivity index (χ1) is 9.45. The van der Waals surface area contributed by atoms with Crippen LogP contribution in [0.4, 0.5) is 5.95 Å². The maximum absolute atomic E-state index is 12.6. The quantitative estimate of drug-likeness (QED) is 0.829. The Morgan fingerprint density at radius 3 is 2.40 bits per heavy atom. The van der Waals surface area contributed by atoms with E-state index in [1.165, 1.54) is 12.4 Å². The summed E-state index contributed by atoms with van der Waals surface area (Å²) in [6.07, 6.45) is 4.66. The van der Waals surface area contributed by atoms with Crippen LogP contribution in [0.3, 0.4) is 0 Å². The summed E-state index contributed by atoms with van der Waals surface area (Å²) < 4.78 is 26.9. The minimum atomic E-state index is -3.48. The fraction of sp³-hybridized carbons (Fsp3) is 0.692. The molecule has 0 bridgehead atoms. The van der Waals surface area contributed by atoms with Crippen LogP contribution in [-0.2, 0) is 10.0 Å². The van der Waals surface area contributed by atoms with Crippen molar-refractivity contribution in [3.8, 4) is 0 Å². The minimum absolute atomic E-state index is 0.149. The van der Waals surface area contributed by atoms with Crippen molar-refractivity contribution in [1.82, 2.24) is 14.3 Å². The Hall–Kier alpha value is -1.21. The molecule has 0 radical (unpaired) electrons. The summed E-state index contributed by atoms with van der Waals surface area (Å²) in [6.45, 7) is 7.23. The van der Waals surface area contributed by atoms with Gasteiger partial charge in [-0.05, 0) is 25.7 Å². The SMILES string of the molecule is CCNc1ncc(S(=O)(=O)N(CC(C)C)C2CC2)cn1. The fourth-order valence-corrected chi connectivity index (χ4v) is 3.74. The monoisotopic (exact) mass is 298 g/mol. The second-order valence-corrected chi connectivity index (χ2v) is 7.36. The van der Waals surface area contributed by atoms with Gasteiger partial charge in [-0.1, -0.05) is 13.8 Å². The van der Waals surface area contributed by atoms with Crippen LogP contribution in [0, 0.1) is 5.92 Å². The number of aromatic nitrogens is 2. The molecule has 1 aromatic heterocycles. The second-order valence-electron chi connectivity index (χ2n) is 5.47. The van der Waals surface area contributed by atoms with Crippen LogP contribution in [0.5, 0.6) is 0 Å². The van der Waals surface area contributed by atoms with Crippen LogP contribution in [0.25, 0.3) is 0 Å². The largest absolute Gasteiger partial charge is 0.355 e. The summed E-state index contributed by atoms with van der Waals surface area (Å²) in [6, 6.07) is 0.149. The Labute approximate surface area is 120 Å². The zero-order valence-electron chi connectivity index (χ0n) is 12.2. The molecule has 1 N–H and O–H groups in total. The number of rotatable bonds is 7. The van der Waals surface area contributed by atoms with Gasteiger partial charge in [0.2, 0.25) is 16.0 Å². The van der Waals surface area contributed by atoms with Gasteiger partial charge in [0.05, 0.1) is 12.4 Å². The van der Waals surface area contributed by atoms with Gasteiger partial charge in [0.25, 0.3) is 0 Å². The Bertz CT molecular complexity index is 538. The van der Waals surface area contributed by atoms with Crippen LogP contribution in [0.15, 0.2) is 17.3 Å². The van der Waals surface area contributed by atoms with E-state index in [-0.39, 0.29) is 10.9 Å². The number of nitrogens with zero attached hydrogens (tertiary/aromatic N) is 3. The van der Waals surface area contributed by atoms with E-state index in [1.54, 1.807) is 4.31 Å². The molecule has 1 aromatic rings. The summed E-state index contributed by atoms with van der Waals surface area (Å²) >= 11 is 0. The van der Waals surface area contributed by atoms with Crippen LogP contribution in [0.1, 0.15) is 33.6 Å². The van der Waals surface area contributed by atoms with Crippen molar-refractivity contribution in [3.63, 3.8) is 0 Å². The highest BCUT2D eigenvalue weighted by Gasteiger charge is 2.38. The van der Waals surface area contributed by atoms with Crippen molar-refractivity contribution in [1.29, 1.82) is 0 Å². The Balaban J connectivity index is 2.23. The fourth-order valence-electron chi connectivity index (χ4n) is 2.00. The topological polar surface area (TPSA) is 75.2 Å². The molecule has 0 saturated heterocycles. The number of anilines is 1. The van der Waals surface area contributed by atoms with Gasteiger partial charge in [0.15, 0.2) is 0 Å². The molecule has 0 atom stereocenters. The van der Waals surface area contributed by atoms with Crippen molar-refractivity contribution >= 4 is 16.0 Å². The molecule has 6 nitrogen and oxygen atoms in total. The lowest BCUT2D eigenvalue weighted by Crippen LogP contribution is -2.36. The highest BCUT2D eigenvalue weighted by atomic mass is 32.2. The molecular weight excluding hydrogens is 276 g/mol. The average molecular weight is 298 g/mol. The lowest BCUT2D eigenvalue weighted by Gasteiger charge is -2.23. The van der Waals surface area contributed by atoms with Crippen LogP contribution >= 0.6 is 0 Å². The summed E-state index contributed by atoms with van der Waals surface area (Å²) in [4.78, 5) is 8.27. The molecule has 0 unspecified atom stereocenters. The third kappa shape index (κ3) is 3.46. The summed E-state index contributed by atoms with van der Waals surface area (Å²) in [7, 11) is -3.48. The van der Waals surface area contributed by atoms with E-state index in [4.69, 9.17) is 0 Å². The van der Waals surface area contributed by atoms with Gasteiger partial charge in [-0.2, -0.15) is 4.31 Å². The molecule has 0 spiro atoms. The van der Waals surface area contributed by atoms with Crippen LogP contribution < -0.4 is 5.32 Å². The van der Waals surface area contributed by atoms with Crippen molar-refractivity contribution in [3.05, 3.63) is 12.4 Å². The summed E-state index contributed by atoms with van der Waals surface area (Å²) in [5.74, 6) is 0.751. The smallest absolute Gasteiger partial charge is 0.246 e. The second kappa shape index (κ2) is 6.05. The van der Waals surface area contributed by atoms with E-state index >= 15 is 0 Å². The predicted molar refractivity (Wildman–Crippen MR) is 77.9 cm³/mol. The van der Waals surface area contributed by atoms with Crippen molar-refractivity contribution in [2.45, 2.75) is 44.6 Å². The summed E-state index contributed by atoms with van der Waals surface area (Å²) in [5, 5.41) is 2.95. The first-order valence-electron chi connectivity index (χ1n) is 7.03. The molecule has 1 aliphatic rings. The number of hydrogen-bond donors (Lipinski definition) is 1. The first kappa shape index (κ1) is 15.2. The zero-order valence-corrected chi connectivity index (χ0v) is 13.0. The lowest BCUT2D eigenvalue weighted by atomic mass is 10.2. The first-order valence-corrected chi connectivity index (χ1v) is 8.47. The third-order valence-corrected chi connectivity index (χ3v) is 4.94. The minimum Gasteiger partial charge on any atom is -0.355 e. The van der Waals surface area contributed by atoms with Crippen LogP contribution in [-0.4, -0.2) is 41.8 Å². The van der Waals surface area contributed by atoms with Gasteiger partial charge < -0.3 is 5.32 Å². The predicted octanol–water partition coefficient (Wildman–Crippen LogP) is 1.72. The zero-order chi connectivity index (χ0) is 14.8. The molecule has 1 heterocycles. The van der Waals surface area contributed by atoms with Crippen molar-refractivity contribution in [2.24, 2.45) is 5.92 Å². The Kier molecular flexibility index (Phi) is 4.59. The van der Waals surface area contributed by atoms with E-state index in [0.717, 1.165) is 12.8 Å². The maximum Gasteiger partial charge on any atom is 0.246 e. The molecular formula is C13H22N4O2S. The van der Waals surface area contributed by atoms with Crippen molar-refractivity contribution < 1.29 is 8.42 Å². The van der Waals surface area contributed by atoms with Gasteiger partial charge in [0.1, 0.15) is 4.90 Å². The molecule has 112 valence electrons. The summed E-state index contributed by atoms with van der Waals surface area (Å²) in [5.41, 5.74) is 0. The van der Waals surface area contributed by atoms with Gasteiger partial charge in [-0.25, -0.2) is 18.4 Å². The molecule has 20 heavy (non-hydrogen) atoms. The van der Waals surface area contributed by atoms with Gasteiger partial charge in [-0.15, -0.1) is 0 Å². The Morgan fingerprint density at radius 1 is 1.35 bits per heavy atom. The van der Waals surface area contributed by atoms with E-state index in [1.807, 2.05) is 20.8 Å². The number of nitrogens with one attached hydrogen (secondary N) is 1. The van der Waals surface area contributed by atoms with Crippen LogP contribution in [0.2, 0.25) is 0 Å². The standard InChI is InChI=1S/C13H22N4O2S/c1-4-14-13-15-7-12(8-16-13)20(18,19)17(9-10(2)3)11-5-6-11/h7-8,10-11H,4-6,9H2,1-3H3,(H,14,15,16). The molecule has 0 amide bonds. The third-order valence-electron chi connectivity index (χ3n) is 3.07. The number of hydrogen-bond acceptors (Lipinski definition) is 5. The van der Waals surface area contributed by atoms with Gasteiger partial charge in [0, 0.05) is 19.1 Å². The van der Waals surface area contributed by atoms with Crippen molar-refractivity contribution in [2.75, 3.05) is 18.4 Å². The lowest BCUT2D eigenvalue weighted by molar-refractivity contribution is 0.360. The molecule has 1 aliphatic carbocycles. The van der Waals surface area contributed by atoms with E-state index in [0.29, 0.717) is 25.0 Å². The van der Waals surface area contributed by atoms with E-state index in [2.05, 4.69) is 15.3 Å². The van der Waals surface area contributed by atoms with E-state index < -0.39 is 10.0 Å². The molecule has 2 rings (SSSR count). The normalized spacial score (nSPS) is 15.8.